The van der Waals surface area contributed by atoms with Crippen molar-refractivity contribution in [3.05, 3.63) is 66.4 Å². The summed E-state index contributed by atoms with van der Waals surface area (Å²) in [4.78, 5) is 34.0. The highest BCUT2D eigenvalue weighted by atomic mass is 16.5. The highest BCUT2D eigenvalue weighted by Gasteiger charge is 2.34. The van der Waals surface area contributed by atoms with Crippen LogP contribution in [-0.4, -0.2) is 33.7 Å². The zero-order valence-electron chi connectivity index (χ0n) is 15.8. The molecule has 1 aliphatic rings. The molecule has 2 heterocycles. The molecule has 1 N–H and O–H groups in total. The Morgan fingerprint density at radius 2 is 1.52 bits per heavy atom. The zero-order valence-corrected chi connectivity index (χ0v) is 15.8. The topological polar surface area (TPSA) is 92.6 Å². The van der Waals surface area contributed by atoms with Gasteiger partial charge in [-0.15, -0.1) is 0 Å². The predicted octanol–water partition coefficient (Wildman–Crippen LogP) is 4.30. The first kappa shape index (κ1) is 18.6. The number of esters is 1. The molecule has 1 aliphatic heterocycles. The van der Waals surface area contributed by atoms with Gasteiger partial charge in [-0.2, -0.15) is 0 Å². The van der Waals surface area contributed by atoms with E-state index in [1.807, 2.05) is 60.7 Å². The van der Waals surface area contributed by atoms with Gasteiger partial charge in [0.05, 0.1) is 11.4 Å². The number of amides is 1. The minimum atomic E-state index is -1.12. The van der Waals surface area contributed by atoms with E-state index in [1.165, 1.54) is 6.92 Å². The Hall–Kier alpha value is -3.74. The predicted molar refractivity (Wildman–Crippen MR) is 107 cm³/mol. The summed E-state index contributed by atoms with van der Waals surface area (Å²) in [6.07, 6.45) is -1.43. The summed E-state index contributed by atoms with van der Waals surface area (Å²) in [5.74, 6) is -0.242. The summed E-state index contributed by atoms with van der Waals surface area (Å²) in [5, 5.41) is 9.65. The van der Waals surface area contributed by atoms with Crippen molar-refractivity contribution >= 4 is 17.9 Å². The number of carboxylic acid groups (broad SMARTS) is 1. The number of fused-ring (bicyclic) bond motifs is 1. The van der Waals surface area contributed by atoms with Crippen LogP contribution in [0.5, 0.6) is 0 Å². The van der Waals surface area contributed by atoms with Crippen LogP contribution in [0.1, 0.15) is 25.1 Å². The molecule has 3 aromatic rings. The van der Waals surface area contributed by atoms with Gasteiger partial charge in [-0.3, -0.25) is 9.69 Å². The summed E-state index contributed by atoms with van der Waals surface area (Å²) >= 11 is 0. The van der Waals surface area contributed by atoms with Crippen molar-refractivity contribution in [1.29, 1.82) is 0 Å². The Kier molecular flexibility index (Phi) is 4.95. The van der Waals surface area contributed by atoms with Crippen molar-refractivity contribution in [2.45, 2.75) is 19.4 Å². The van der Waals surface area contributed by atoms with Gasteiger partial charge in [0.1, 0.15) is 11.8 Å². The molecule has 2 aromatic carbocycles. The largest absolute Gasteiger partial charge is 0.465 e. The van der Waals surface area contributed by atoms with Crippen LogP contribution in [0.2, 0.25) is 0 Å². The Labute approximate surface area is 167 Å². The summed E-state index contributed by atoms with van der Waals surface area (Å²) in [5.41, 5.74) is 3.20. The Morgan fingerprint density at radius 3 is 2.03 bits per heavy atom. The Balaban J connectivity index is 1.97. The molecular weight excluding hydrogens is 370 g/mol. The van der Waals surface area contributed by atoms with Crippen molar-refractivity contribution in [2.24, 2.45) is 0 Å². The van der Waals surface area contributed by atoms with Crippen LogP contribution >= 0.6 is 0 Å². The lowest BCUT2D eigenvalue weighted by Crippen LogP contribution is -2.38. The molecule has 7 heteroatoms. The Morgan fingerprint density at radius 1 is 0.966 bits per heavy atom. The standard InChI is InChI=1S/C22H19N3O4/c1-14(26)29-17-12-13-25(22(27)28)21-20(17)23-18(15-8-4-2-5-9-15)19(24-21)16-10-6-3-7-11-16/h2-11,17H,12-13H2,1H3,(H,27,28). The van der Waals surface area contributed by atoms with Crippen molar-refractivity contribution in [2.75, 3.05) is 11.4 Å². The van der Waals surface area contributed by atoms with E-state index in [4.69, 9.17) is 14.7 Å². The van der Waals surface area contributed by atoms with Crippen LogP contribution < -0.4 is 4.90 Å². The van der Waals surface area contributed by atoms with E-state index in [1.54, 1.807) is 0 Å². The molecule has 29 heavy (non-hydrogen) atoms. The molecule has 4 rings (SSSR count). The van der Waals surface area contributed by atoms with Gasteiger partial charge in [0, 0.05) is 31.0 Å². The first-order valence-electron chi connectivity index (χ1n) is 9.25. The van der Waals surface area contributed by atoms with Crippen LogP contribution in [-0.2, 0) is 9.53 Å². The molecule has 1 atom stereocenters. The summed E-state index contributed by atoms with van der Waals surface area (Å²) in [7, 11) is 0. The number of aromatic nitrogens is 2. The number of anilines is 1. The molecule has 0 fully saturated rings. The molecular formula is C22H19N3O4. The maximum atomic E-state index is 11.8. The quantitative estimate of drug-likeness (QED) is 0.671. The molecule has 7 nitrogen and oxygen atoms in total. The number of ether oxygens (including phenoxy) is 1. The molecule has 1 aromatic heterocycles. The lowest BCUT2D eigenvalue weighted by Gasteiger charge is -2.31. The highest BCUT2D eigenvalue weighted by Crippen LogP contribution is 2.39. The second-order valence-corrected chi connectivity index (χ2v) is 6.68. The number of hydrogen-bond donors (Lipinski definition) is 1. The molecule has 0 bridgehead atoms. The lowest BCUT2D eigenvalue weighted by molar-refractivity contribution is -0.147. The zero-order chi connectivity index (χ0) is 20.4. The van der Waals surface area contributed by atoms with Gasteiger partial charge in [0.25, 0.3) is 0 Å². The monoisotopic (exact) mass is 389 g/mol. The van der Waals surface area contributed by atoms with E-state index < -0.39 is 18.2 Å². The van der Waals surface area contributed by atoms with Crippen molar-refractivity contribution in [3.8, 4) is 22.5 Å². The van der Waals surface area contributed by atoms with Crippen LogP contribution in [0.25, 0.3) is 22.5 Å². The van der Waals surface area contributed by atoms with E-state index >= 15 is 0 Å². The van der Waals surface area contributed by atoms with Gasteiger partial charge in [-0.25, -0.2) is 14.8 Å². The van der Waals surface area contributed by atoms with Gasteiger partial charge in [0.15, 0.2) is 5.82 Å². The first-order valence-corrected chi connectivity index (χ1v) is 9.25. The molecule has 0 saturated carbocycles. The van der Waals surface area contributed by atoms with Crippen LogP contribution in [0.15, 0.2) is 60.7 Å². The number of nitrogens with zero attached hydrogens (tertiary/aromatic N) is 3. The van der Waals surface area contributed by atoms with Crippen LogP contribution in [0.4, 0.5) is 10.6 Å². The van der Waals surface area contributed by atoms with Crippen molar-refractivity contribution in [3.63, 3.8) is 0 Å². The third-order valence-corrected chi connectivity index (χ3v) is 4.71. The number of carbonyl (C=O) groups excluding carboxylic acids is 1. The maximum Gasteiger partial charge on any atom is 0.413 e. The van der Waals surface area contributed by atoms with Gasteiger partial charge in [-0.05, 0) is 0 Å². The Bertz CT molecular complexity index is 1050. The highest BCUT2D eigenvalue weighted by molar-refractivity contribution is 5.88. The summed E-state index contributed by atoms with van der Waals surface area (Å²) in [6.45, 7) is 1.50. The second kappa shape index (κ2) is 7.71. The average Bonchev–Trinajstić information content (AvgIpc) is 2.73. The van der Waals surface area contributed by atoms with E-state index in [0.29, 0.717) is 23.5 Å². The molecule has 0 spiro atoms. The minimum Gasteiger partial charge on any atom is -0.465 e. The van der Waals surface area contributed by atoms with Crippen molar-refractivity contribution < 1.29 is 19.4 Å². The smallest absolute Gasteiger partial charge is 0.413 e. The molecule has 1 amide bonds. The fourth-order valence-corrected chi connectivity index (χ4v) is 3.44. The molecule has 0 aliphatic carbocycles. The third kappa shape index (κ3) is 3.67. The number of rotatable bonds is 3. The summed E-state index contributed by atoms with van der Waals surface area (Å²) in [6, 6.07) is 19.0. The minimum absolute atomic E-state index is 0.174. The van der Waals surface area contributed by atoms with Crippen LogP contribution in [0.3, 0.4) is 0 Å². The maximum absolute atomic E-state index is 11.8. The van der Waals surface area contributed by atoms with E-state index in [2.05, 4.69) is 0 Å². The number of benzene rings is 2. The third-order valence-electron chi connectivity index (χ3n) is 4.71. The first-order chi connectivity index (χ1) is 14.0. The SMILES string of the molecule is CC(=O)OC1CCN(C(=O)O)c2nc(-c3ccccc3)c(-c3ccccc3)nc21. The normalized spacial score (nSPS) is 15.5. The van der Waals surface area contributed by atoms with E-state index in [9.17, 15) is 14.7 Å². The summed E-state index contributed by atoms with van der Waals surface area (Å²) < 4.78 is 5.42. The van der Waals surface area contributed by atoms with Gasteiger partial charge < -0.3 is 9.84 Å². The van der Waals surface area contributed by atoms with Crippen molar-refractivity contribution in [1.82, 2.24) is 9.97 Å². The lowest BCUT2D eigenvalue weighted by atomic mass is 10.0. The van der Waals surface area contributed by atoms with Crippen LogP contribution in [0, 0.1) is 0 Å². The van der Waals surface area contributed by atoms with Gasteiger partial charge in [0.2, 0.25) is 0 Å². The number of carbonyl (C=O) groups is 2. The van der Waals surface area contributed by atoms with Gasteiger partial charge in [-0.1, -0.05) is 60.7 Å². The molecule has 0 saturated heterocycles. The molecule has 146 valence electrons. The molecule has 0 radical (unpaired) electrons. The number of hydrogen-bond acceptors (Lipinski definition) is 5. The fourth-order valence-electron chi connectivity index (χ4n) is 3.44. The molecule has 1 unspecified atom stereocenters. The fraction of sp³-hybridized carbons (Fsp3) is 0.182. The second-order valence-electron chi connectivity index (χ2n) is 6.68. The average molecular weight is 389 g/mol. The van der Waals surface area contributed by atoms with E-state index in [0.717, 1.165) is 16.0 Å². The van der Waals surface area contributed by atoms with Gasteiger partial charge >= 0.3 is 12.1 Å². The van der Waals surface area contributed by atoms with E-state index in [-0.39, 0.29) is 12.4 Å².